The molecule has 0 amide bonds. The summed E-state index contributed by atoms with van der Waals surface area (Å²) in [5.41, 5.74) is 1.30. The van der Waals surface area contributed by atoms with Crippen molar-refractivity contribution in [2.75, 3.05) is 6.61 Å². The Kier molecular flexibility index (Phi) is 5.82. The number of halogens is 1. The van der Waals surface area contributed by atoms with Gasteiger partial charge in [-0.2, -0.15) is 0 Å². The molecule has 1 aromatic heterocycles. The molecule has 0 aromatic carbocycles. The van der Waals surface area contributed by atoms with Crippen LogP contribution in [0.3, 0.4) is 0 Å². The predicted molar refractivity (Wildman–Crippen MR) is 69.2 cm³/mol. The molecule has 0 fully saturated rings. The van der Waals surface area contributed by atoms with E-state index in [2.05, 4.69) is 46.5 Å². The van der Waals surface area contributed by atoms with Gasteiger partial charge in [-0.1, -0.05) is 13.8 Å². The van der Waals surface area contributed by atoms with Crippen molar-refractivity contribution in [1.82, 2.24) is 5.32 Å². The van der Waals surface area contributed by atoms with Gasteiger partial charge >= 0.3 is 0 Å². The second-order valence-corrected chi connectivity index (χ2v) is 6.29. The summed E-state index contributed by atoms with van der Waals surface area (Å²) in [5, 5.41) is 14.6. The van der Waals surface area contributed by atoms with Crippen LogP contribution in [0.5, 0.6) is 0 Å². The Bertz CT molecular complexity index is 288. The largest absolute Gasteiger partial charge is 0.396 e. The fourth-order valence-electron chi connectivity index (χ4n) is 1.50. The van der Waals surface area contributed by atoms with Gasteiger partial charge in [-0.15, -0.1) is 11.3 Å². The van der Waals surface area contributed by atoms with Crippen molar-refractivity contribution in [2.24, 2.45) is 5.92 Å². The van der Waals surface area contributed by atoms with Crippen molar-refractivity contribution in [3.8, 4) is 0 Å². The van der Waals surface area contributed by atoms with E-state index >= 15 is 0 Å². The van der Waals surface area contributed by atoms with Gasteiger partial charge in [-0.3, -0.25) is 0 Å². The molecule has 15 heavy (non-hydrogen) atoms. The van der Waals surface area contributed by atoms with Crippen LogP contribution in [-0.4, -0.2) is 17.8 Å². The first-order valence-corrected chi connectivity index (χ1v) is 6.88. The summed E-state index contributed by atoms with van der Waals surface area (Å²) in [4.78, 5) is 0. The number of nitrogens with one attached hydrogen (secondary N) is 1. The molecule has 0 saturated carbocycles. The van der Waals surface area contributed by atoms with Gasteiger partial charge in [-0.25, -0.2) is 0 Å². The van der Waals surface area contributed by atoms with Gasteiger partial charge in [0, 0.05) is 19.2 Å². The lowest BCUT2D eigenvalue weighted by Gasteiger charge is -2.21. The minimum atomic E-state index is 0.253. The number of aliphatic hydroxyl groups excluding tert-OH is 1. The van der Waals surface area contributed by atoms with Crippen LogP contribution in [0.4, 0.5) is 0 Å². The minimum absolute atomic E-state index is 0.253. The van der Waals surface area contributed by atoms with Crippen LogP contribution in [0.1, 0.15) is 25.8 Å². The van der Waals surface area contributed by atoms with Gasteiger partial charge in [0.05, 0.1) is 3.79 Å². The van der Waals surface area contributed by atoms with Crippen molar-refractivity contribution in [2.45, 2.75) is 32.9 Å². The van der Waals surface area contributed by atoms with E-state index in [0.29, 0.717) is 12.0 Å². The third kappa shape index (κ3) is 4.64. The van der Waals surface area contributed by atoms with Crippen molar-refractivity contribution >= 4 is 27.3 Å². The van der Waals surface area contributed by atoms with Crippen molar-refractivity contribution < 1.29 is 5.11 Å². The third-order valence-corrected chi connectivity index (χ3v) is 3.99. The van der Waals surface area contributed by atoms with Gasteiger partial charge < -0.3 is 10.4 Å². The molecule has 2 nitrogen and oxygen atoms in total. The molecule has 1 aromatic rings. The van der Waals surface area contributed by atoms with Crippen molar-refractivity contribution in [3.63, 3.8) is 0 Å². The fourth-order valence-corrected chi connectivity index (χ4v) is 2.71. The third-order valence-electron chi connectivity index (χ3n) is 2.43. The minimum Gasteiger partial charge on any atom is -0.396 e. The lowest BCUT2D eigenvalue weighted by Crippen LogP contribution is -2.34. The van der Waals surface area contributed by atoms with Crippen LogP contribution in [0, 0.1) is 5.92 Å². The monoisotopic (exact) mass is 291 g/mol. The highest BCUT2D eigenvalue weighted by atomic mass is 79.9. The van der Waals surface area contributed by atoms with E-state index in [1.807, 2.05) is 0 Å². The first-order valence-electron chi connectivity index (χ1n) is 5.20. The number of hydrogen-bond donors (Lipinski definition) is 2. The Hall–Kier alpha value is 0.100. The highest BCUT2D eigenvalue weighted by molar-refractivity contribution is 9.11. The van der Waals surface area contributed by atoms with Crippen LogP contribution in [0.15, 0.2) is 15.2 Å². The van der Waals surface area contributed by atoms with Crippen LogP contribution in [-0.2, 0) is 6.54 Å². The molecule has 86 valence electrons. The SMILES string of the molecule is CC(C)C(CCO)NCc1csc(Br)c1. The quantitative estimate of drug-likeness (QED) is 0.845. The van der Waals surface area contributed by atoms with E-state index in [1.54, 1.807) is 11.3 Å². The van der Waals surface area contributed by atoms with Gasteiger partial charge in [0.2, 0.25) is 0 Å². The zero-order valence-corrected chi connectivity index (χ0v) is 11.6. The zero-order valence-electron chi connectivity index (χ0n) is 9.16. The first-order chi connectivity index (χ1) is 7.13. The molecule has 4 heteroatoms. The Morgan fingerprint density at radius 1 is 1.53 bits per heavy atom. The topological polar surface area (TPSA) is 32.3 Å². The van der Waals surface area contributed by atoms with Gasteiger partial charge in [-0.05, 0) is 45.3 Å². The highest BCUT2D eigenvalue weighted by Gasteiger charge is 2.11. The maximum absolute atomic E-state index is 8.94. The molecule has 1 heterocycles. The van der Waals surface area contributed by atoms with E-state index in [0.717, 1.165) is 13.0 Å². The lowest BCUT2D eigenvalue weighted by molar-refractivity contribution is 0.244. The highest BCUT2D eigenvalue weighted by Crippen LogP contribution is 2.20. The lowest BCUT2D eigenvalue weighted by atomic mass is 10.0. The Morgan fingerprint density at radius 2 is 2.27 bits per heavy atom. The molecule has 1 atom stereocenters. The zero-order chi connectivity index (χ0) is 11.3. The molecule has 0 aliphatic heterocycles. The second kappa shape index (κ2) is 6.63. The van der Waals surface area contributed by atoms with Crippen molar-refractivity contribution in [1.29, 1.82) is 0 Å². The maximum Gasteiger partial charge on any atom is 0.0701 e. The number of hydrogen-bond acceptors (Lipinski definition) is 3. The van der Waals surface area contributed by atoms with Crippen LogP contribution in [0.25, 0.3) is 0 Å². The second-order valence-electron chi connectivity index (χ2n) is 4.00. The van der Waals surface area contributed by atoms with E-state index in [-0.39, 0.29) is 6.61 Å². The van der Waals surface area contributed by atoms with E-state index in [9.17, 15) is 0 Å². The average molecular weight is 292 g/mol. The van der Waals surface area contributed by atoms with E-state index in [4.69, 9.17) is 5.11 Å². The normalized spacial score (nSPS) is 13.4. The molecule has 1 rings (SSSR count). The summed E-state index contributed by atoms with van der Waals surface area (Å²) in [6.45, 7) is 5.49. The van der Waals surface area contributed by atoms with Crippen LogP contribution < -0.4 is 5.32 Å². The smallest absolute Gasteiger partial charge is 0.0701 e. The molecule has 0 aliphatic rings. The fraction of sp³-hybridized carbons (Fsp3) is 0.636. The molecule has 0 aliphatic carbocycles. The van der Waals surface area contributed by atoms with E-state index < -0.39 is 0 Å². The van der Waals surface area contributed by atoms with Crippen LogP contribution in [0.2, 0.25) is 0 Å². The number of aliphatic hydroxyl groups is 1. The van der Waals surface area contributed by atoms with Crippen LogP contribution >= 0.6 is 27.3 Å². The maximum atomic E-state index is 8.94. The predicted octanol–water partition coefficient (Wildman–Crippen LogP) is 3.01. The summed E-state index contributed by atoms with van der Waals surface area (Å²) >= 11 is 5.15. The molecule has 0 bridgehead atoms. The number of rotatable bonds is 6. The molecule has 0 saturated heterocycles. The summed E-state index contributed by atoms with van der Waals surface area (Å²) in [6, 6.07) is 2.53. The Balaban J connectivity index is 2.39. The Labute approximate surface area is 104 Å². The molecular formula is C11H18BrNOS. The molecule has 2 N–H and O–H groups in total. The molecule has 0 spiro atoms. The summed E-state index contributed by atoms with van der Waals surface area (Å²) in [5.74, 6) is 0.555. The molecule has 0 radical (unpaired) electrons. The summed E-state index contributed by atoms with van der Waals surface area (Å²) < 4.78 is 1.17. The first kappa shape index (κ1) is 13.2. The van der Waals surface area contributed by atoms with Gasteiger partial charge in [0.15, 0.2) is 0 Å². The summed E-state index contributed by atoms with van der Waals surface area (Å²) in [7, 11) is 0. The van der Waals surface area contributed by atoms with Crippen molar-refractivity contribution in [3.05, 3.63) is 20.8 Å². The molecule has 1 unspecified atom stereocenters. The summed E-state index contributed by atoms with van der Waals surface area (Å²) in [6.07, 6.45) is 0.822. The number of thiophene rings is 1. The standard InChI is InChI=1S/C11H18BrNOS/c1-8(2)10(3-4-14)13-6-9-5-11(12)15-7-9/h5,7-8,10,13-14H,3-4,6H2,1-2H3. The van der Waals surface area contributed by atoms with Gasteiger partial charge in [0.1, 0.15) is 0 Å². The molecular weight excluding hydrogens is 274 g/mol. The van der Waals surface area contributed by atoms with Gasteiger partial charge in [0.25, 0.3) is 0 Å². The Morgan fingerprint density at radius 3 is 2.73 bits per heavy atom. The average Bonchev–Trinajstić information content (AvgIpc) is 2.58. The van der Waals surface area contributed by atoms with E-state index in [1.165, 1.54) is 9.35 Å².